The Morgan fingerprint density at radius 3 is 0.750 bits per heavy atom. The first kappa shape index (κ1) is 30.2. The van der Waals surface area contributed by atoms with Crippen LogP contribution in [0.3, 0.4) is 0 Å². The molecule has 0 aliphatic heterocycles. The Morgan fingerprint density at radius 2 is 0.607 bits per heavy atom. The molecule has 0 aliphatic rings. The Kier molecular flexibility index (Phi) is 9.15. The van der Waals surface area contributed by atoms with E-state index in [-0.39, 0.29) is 0 Å². The van der Waals surface area contributed by atoms with Gasteiger partial charge in [-0.05, 0) is 0 Å². The van der Waals surface area contributed by atoms with Gasteiger partial charge in [-0.15, -0.1) is 0 Å². The van der Waals surface area contributed by atoms with E-state index in [1.54, 1.807) is 0 Å². The summed E-state index contributed by atoms with van der Waals surface area (Å²) in [6, 6.07) is 0. The first-order valence-electron chi connectivity index (χ1n) is 11.1. The quantitative estimate of drug-likeness (QED) is 0.203. The monoisotopic (exact) mass is 568 g/mol. The van der Waals surface area contributed by atoms with Crippen molar-refractivity contribution < 1.29 is 0 Å². The molecule has 0 saturated heterocycles. The van der Waals surface area contributed by atoms with E-state index in [9.17, 15) is 0 Å². The predicted octanol–water partition coefficient (Wildman–Crippen LogP) is 8.71. The number of hydrogen-bond acceptors (Lipinski definition) is 0. The van der Waals surface area contributed by atoms with Crippen LogP contribution in [-0.4, -0.2) is 67.3 Å². The molecule has 0 N–H and O–H groups in total. The summed E-state index contributed by atoms with van der Waals surface area (Å²) in [6.45, 7) is 51.3. The van der Waals surface area contributed by atoms with Crippen LogP contribution < -0.4 is 0 Å². The second kappa shape index (κ2) is 8.50. The average molecular weight is 569 g/mol. The van der Waals surface area contributed by atoms with Crippen LogP contribution >= 0.6 is 6.69 Å². The average Bonchev–Trinajstić information content (AvgIpc) is 2.23. The summed E-state index contributed by atoms with van der Waals surface area (Å²) < 4.78 is 1.51. The molecule has 0 nitrogen and oxygen atoms in total. The number of rotatable bonds is 8. The minimum absolute atomic E-state index is 0.375. The summed E-state index contributed by atoms with van der Waals surface area (Å²) in [6.07, 6.45) is 0. The van der Waals surface area contributed by atoms with Gasteiger partial charge in [-0.2, -0.15) is 0 Å². The maximum absolute atomic E-state index is 2.74. The molecule has 0 saturated carbocycles. The standard InChI is InChI=1S/C20H54AsPSi6/c1-23(2,3)19(24(4,5)6,25(7,8)9)21-22-20(26(10,11)12,27(13,14)15)28(16,17)18/h1-18H3. The Balaban J connectivity index is 7.39. The summed E-state index contributed by atoms with van der Waals surface area (Å²) in [5.74, 6) is 0. The summed E-state index contributed by atoms with van der Waals surface area (Å²) in [7, 11) is -7.75. The van der Waals surface area contributed by atoms with Gasteiger partial charge in [-0.1, -0.05) is 0 Å². The van der Waals surface area contributed by atoms with Gasteiger partial charge in [0.2, 0.25) is 0 Å². The van der Waals surface area contributed by atoms with E-state index >= 15 is 0 Å². The van der Waals surface area contributed by atoms with Crippen LogP contribution in [0.5, 0.6) is 0 Å². The Labute approximate surface area is 193 Å². The van der Waals surface area contributed by atoms with Crippen LogP contribution in [0.4, 0.5) is 0 Å². The summed E-state index contributed by atoms with van der Waals surface area (Å²) in [5, 5.41) is 0. The molecule has 0 radical (unpaired) electrons. The Morgan fingerprint density at radius 1 is 0.393 bits per heavy atom. The van der Waals surface area contributed by atoms with Gasteiger partial charge in [0.25, 0.3) is 0 Å². The molecule has 0 fully saturated rings. The van der Waals surface area contributed by atoms with Crippen molar-refractivity contribution in [3.05, 3.63) is 0 Å². The second-order valence-electron chi connectivity index (χ2n) is 15.1. The van der Waals surface area contributed by atoms with Gasteiger partial charge in [0.15, 0.2) is 0 Å². The number of hydrogen-bond donors (Lipinski definition) is 0. The zero-order valence-corrected chi connectivity index (χ0v) is 31.7. The van der Waals surface area contributed by atoms with Crippen molar-refractivity contribution in [2.75, 3.05) is 0 Å². The van der Waals surface area contributed by atoms with Crippen molar-refractivity contribution in [2.24, 2.45) is 0 Å². The molecule has 0 unspecified atom stereocenters. The Hall–Kier alpha value is 2.16. The molecule has 0 aromatic rings. The van der Waals surface area contributed by atoms with Crippen molar-refractivity contribution in [3.63, 3.8) is 0 Å². The van der Waals surface area contributed by atoms with Crippen LogP contribution in [0, 0.1) is 0 Å². The first-order chi connectivity index (χ1) is 11.7. The second-order valence-corrected chi connectivity index (χ2v) is 58.6. The minimum atomic E-state index is -1.30. The van der Waals surface area contributed by atoms with Crippen LogP contribution in [-0.2, 0) is 0 Å². The molecule has 0 amide bonds. The molecule has 8 heteroatoms. The molecule has 0 aliphatic carbocycles. The maximum atomic E-state index is 2.74. The van der Waals surface area contributed by atoms with E-state index in [1.807, 2.05) is 6.69 Å². The molecular formula is C20H54AsPSi6. The molecule has 0 atom stereocenters. The van der Waals surface area contributed by atoms with Gasteiger partial charge < -0.3 is 0 Å². The normalized spacial score (nSPS) is 16.8. The van der Waals surface area contributed by atoms with Crippen molar-refractivity contribution in [2.45, 2.75) is 125 Å². The van der Waals surface area contributed by atoms with E-state index < -0.39 is 48.4 Å². The van der Waals surface area contributed by atoms with Crippen LogP contribution in [0.25, 0.3) is 0 Å². The third-order valence-electron chi connectivity index (χ3n) is 6.86. The third-order valence-corrected chi connectivity index (χ3v) is 80.1. The molecule has 28 heavy (non-hydrogen) atoms. The van der Waals surface area contributed by atoms with Crippen LogP contribution in [0.2, 0.25) is 121 Å². The molecule has 0 rings (SSSR count). The SMILES string of the molecule is C[Si](C)(C)C(P=[As]C([Si](C)(C)C)([Si](C)(C)C)[Si](C)(C)C)([Si](C)(C)C)[Si](C)(C)C. The van der Waals surface area contributed by atoms with E-state index in [2.05, 4.69) is 118 Å². The summed E-state index contributed by atoms with van der Waals surface area (Å²) in [4.78, 5) is 0. The molecule has 168 valence electrons. The van der Waals surface area contributed by atoms with E-state index in [1.165, 1.54) is 0 Å². The third kappa shape index (κ3) is 5.21. The van der Waals surface area contributed by atoms with Gasteiger partial charge in [0.1, 0.15) is 0 Å². The summed E-state index contributed by atoms with van der Waals surface area (Å²) >= 11 is 0.375. The fraction of sp³-hybridized carbons (Fsp3) is 1.00. The molecule has 0 spiro atoms. The zero-order valence-electron chi connectivity index (χ0n) is 22.9. The molecule has 0 bridgehead atoms. The van der Waals surface area contributed by atoms with Gasteiger partial charge in [0.05, 0.1) is 0 Å². The fourth-order valence-corrected chi connectivity index (χ4v) is 110. The summed E-state index contributed by atoms with van der Waals surface area (Å²) in [5.41, 5.74) is 0. The van der Waals surface area contributed by atoms with Gasteiger partial charge in [0, 0.05) is 0 Å². The van der Waals surface area contributed by atoms with Crippen molar-refractivity contribution >= 4 is 70.0 Å². The van der Waals surface area contributed by atoms with Crippen molar-refractivity contribution in [1.82, 2.24) is 0 Å². The fourth-order valence-electron chi connectivity index (χ4n) is 7.80. The topological polar surface area (TPSA) is 0 Å². The predicted molar refractivity (Wildman–Crippen MR) is 158 cm³/mol. The first-order valence-corrected chi connectivity index (χ1v) is 36.5. The van der Waals surface area contributed by atoms with Gasteiger partial charge in [-0.25, -0.2) is 0 Å². The van der Waals surface area contributed by atoms with Gasteiger partial charge in [-0.3, -0.25) is 0 Å². The Bertz CT molecular complexity index is 451. The van der Waals surface area contributed by atoms with E-state index in [0.29, 0.717) is 14.8 Å². The van der Waals surface area contributed by atoms with E-state index in [4.69, 9.17) is 0 Å². The van der Waals surface area contributed by atoms with Crippen molar-refractivity contribution in [3.8, 4) is 0 Å². The molecule has 0 aromatic heterocycles. The van der Waals surface area contributed by atoms with Gasteiger partial charge >= 0.3 is 195 Å². The van der Waals surface area contributed by atoms with Crippen LogP contribution in [0.15, 0.2) is 0 Å². The molecule has 0 aromatic carbocycles. The molecular weight excluding hydrogens is 515 g/mol. The van der Waals surface area contributed by atoms with Crippen molar-refractivity contribution in [1.29, 1.82) is 0 Å². The molecule has 0 heterocycles. The van der Waals surface area contributed by atoms with E-state index in [0.717, 1.165) is 7.10 Å². The van der Waals surface area contributed by atoms with Crippen LogP contribution in [0.1, 0.15) is 0 Å². The zero-order chi connectivity index (χ0) is 23.4.